The van der Waals surface area contributed by atoms with E-state index in [0.717, 1.165) is 83.5 Å². The van der Waals surface area contributed by atoms with Crippen LogP contribution in [0.3, 0.4) is 0 Å². The Balaban J connectivity index is 4.28. The minimum absolute atomic E-state index is 0.0754. The first-order valence-electron chi connectivity index (χ1n) is 28.0. The van der Waals surface area contributed by atoms with Crippen molar-refractivity contribution >= 4 is 17.9 Å². The predicted molar refractivity (Wildman–Crippen MR) is 275 cm³/mol. The van der Waals surface area contributed by atoms with Gasteiger partial charge in [-0.1, -0.05) is 243 Å². The fraction of sp³-hybridized carbons (Fsp3) is 0.845. The molecule has 0 spiro atoms. The Hall–Kier alpha value is -2.37. The van der Waals surface area contributed by atoms with E-state index in [4.69, 9.17) is 14.2 Å². The Bertz CT molecular complexity index is 1080. The molecule has 64 heavy (non-hydrogen) atoms. The number of carbonyl (C=O) groups excluding carboxylic acids is 3. The first kappa shape index (κ1) is 61.6. The molecule has 0 radical (unpaired) electrons. The monoisotopic (exact) mass is 899 g/mol. The van der Waals surface area contributed by atoms with Gasteiger partial charge in [-0.05, 0) is 70.6 Å². The Kier molecular flexibility index (Phi) is 51.3. The highest BCUT2D eigenvalue weighted by Gasteiger charge is 2.19. The predicted octanol–water partition coefficient (Wildman–Crippen LogP) is 18.5. The van der Waals surface area contributed by atoms with Gasteiger partial charge >= 0.3 is 17.9 Å². The number of rotatable bonds is 51. The van der Waals surface area contributed by atoms with Crippen LogP contribution in [-0.4, -0.2) is 37.2 Å². The van der Waals surface area contributed by atoms with E-state index in [0.29, 0.717) is 19.3 Å². The third-order valence-electron chi connectivity index (χ3n) is 12.4. The van der Waals surface area contributed by atoms with E-state index in [1.807, 2.05) is 0 Å². The Labute approximate surface area is 397 Å². The molecule has 0 aliphatic heterocycles. The average Bonchev–Trinajstić information content (AvgIpc) is 3.29. The zero-order chi connectivity index (χ0) is 46.5. The lowest BCUT2D eigenvalue weighted by Crippen LogP contribution is -2.30. The number of ether oxygens (including phenoxy) is 3. The Morgan fingerprint density at radius 2 is 0.578 bits per heavy atom. The molecular formula is C58H106O6. The summed E-state index contributed by atoms with van der Waals surface area (Å²) in [5.41, 5.74) is 0. The van der Waals surface area contributed by atoms with Gasteiger partial charge in [-0.25, -0.2) is 0 Å². The fourth-order valence-corrected chi connectivity index (χ4v) is 8.10. The molecule has 0 aromatic heterocycles. The van der Waals surface area contributed by atoms with Gasteiger partial charge in [-0.2, -0.15) is 0 Å². The largest absolute Gasteiger partial charge is 0.462 e. The van der Waals surface area contributed by atoms with Crippen LogP contribution in [0.15, 0.2) is 36.5 Å². The maximum absolute atomic E-state index is 12.8. The van der Waals surface area contributed by atoms with Gasteiger partial charge in [0, 0.05) is 19.3 Å². The minimum Gasteiger partial charge on any atom is -0.462 e. The van der Waals surface area contributed by atoms with E-state index in [9.17, 15) is 14.4 Å². The van der Waals surface area contributed by atoms with Crippen molar-refractivity contribution < 1.29 is 28.6 Å². The number of esters is 3. The molecule has 374 valence electrons. The van der Waals surface area contributed by atoms with Crippen molar-refractivity contribution in [2.24, 2.45) is 0 Å². The van der Waals surface area contributed by atoms with Crippen LogP contribution in [0.25, 0.3) is 0 Å². The van der Waals surface area contributed by atoms with Crippen LogP contribution < -0.4 is 0 Å². The van der Waals surface area contributed by atoms with Crippen molar-refractivity contribution in [2.45, 2.75) is 303 Å². The first-order chi connectivity index (χ1) is 31.5. The van der Waals surface area contributed by atoms with Crippen molar-refractivity contribution in [1.82, 2.24) is 0 Å². The summed E-state index contributed by atoms with van der Waals surface area (Å²) in [5.74, 6) is -0.879. The normalized spacial score (nSPS) is 12.2. The van der Waals surface area contributed by atoms with Crippen LogP contribution in [0, 0.1) is 0 Å². The van der Waals surface area contributed by atoms with Crippen LogP contribution in [0.4, 0.5) is 0 Å². The smallest absolute Gasteiger partial charge is 0.306 e. The standard InChI is InChI=1S/C58H106O6/c1-4-7-10-13-16-19-22-24-26-27-28-29-30-31-32-34-36-39-42-45-48-51-57(60)63-54-55(53-62-56(59)50-47-44-41-38-35-21-18-15-12-9-6-3)64-58(61)52-49-46-43-40-37-33-25-23-20-17-14-11-8-5-2/h14,17,23,25,27-28,55H,4-13,15-16,18-22,24,26,29-54H2,1-3H3/b17-14-,25-23-,28-27-. The van der Waals surface area contributed by atoms with E-state index >= 15 is 0 Å². The molecular weight excluding hydrogens is 793 g/mol. The molecule has 0 amide bonds. The summed E-state index contributed by atoms with van der Waals surface area (Å²) < 4.78 is 16.8. The fourth-order valence-electron chi connectivity index (χ4n) is 8.10. The van der Waals surface area contributed by atoms with Gasteiger partial charge in [-0.3, -0.25) is 14.4 Å². The van der Waals surface area contributed by atoms with E-state index in [1.165, 1.54) is 173 Å². The van der Waals surface area contributed by atoms with Crippen LogP contribution in [0.1, 0.15) is 297 Å². The minimum atomic E-state index is -0.776. The van der Waals surface area contributed by atoms with Crippen LogP contribution in [0.5, 0.6) is 0 Å². The summed E-state index contributed by atoms with van der Waals surface area (Å²) in [6.45, 7) is 6.61. The molecule has 0 aromatic carbocycles. The Morgan fingerprint density at radius 3 is 0.922 bits per heavy atom. The molecule has 0 heterocycles. The molecule has 0 bridgehead atoms. The van der Waals surface area contributed by atoms with Gasteiger partial charge in [0.15, 0.2) is 6.10 Å². The molecule has 0 rings (SSSR count). The van der Waals surface area contributed by atoms with E-state index in [2.05, 4.69) is 57.2 Å². The van der Waals surface area contributed by atoms with E-state index in [-0.39, 0.29) is 31.1 Å². The highest BCUT2D eigenvalue weighted by molar-refractivity contribution is 5.71. The summed E-state index contributed by atoms with van der Waals surface area (Å²) in [6, 6.07) is 0. The first-order valence-corrected chi connectivity index (χ1v) is 28.0. The van der Waals surface area contributed by atoms with Gasteiger partial charge in [-0.15, -0.1) is 0 Å². The van der Waals surface area contributed by atoms with Gasteiger partial charge < -0.3 is 14.2 Å². The topological polar surface area (TPSA) is 78.9 Å². The van der Waals surface area contributed by atoms with Crippen LogP contribution >= 0.6 is 0 Å². The summed E-state index contributed by atoms with van der Waals surface area (Å²) in [7, 11) is 0. The Morgan fingerprint density at radius 1 is 0.312 bits per heavy atom. The van der Waals surface area contributed by atoms with Crippen LogP contribution in [-0.2, 0) is 28.6 Å². The molecule has 6 nitrogen and oxygen atoms in total. The molecule has 0 N–H and O–H groups in total. The van der Waals surface area contributed by atoms with Gasteiger partial charge in [0.25, 0.3) is 0 Å². The van der Waals surface area contributed by atoms with Crippen molar-refractivity contribution in [1.29, 1.82) is 0 Å². The van der Waals surface area contributed by atoms with Gasteiger partial charge in [0.2, 0.25) is 0 Å². The molecule has 0 aromatic rings. The summed E-state index contributed by atoms with van der Waals surface area (Å²) >= 11 is 0. The molecule has 0 aliphatic carbocycles. The second-order valence-corrected chi connectivity index (χ2v) is 18.8. The van der Waals surface area contributed by atoms with Gasteiger partial charge in [0.05, 0.1) is 0 Å². The molecule has 1 atom stereocenters. The molecule has 0 saturated carbocycles. The molecule has 0 saturated heterocycles. The average molecular weight is 899 g/mol. The van der Waals surface area contributed by atoms with Crippen molar-refractivity contribution in [3.63, 3.8) is 0 Å². The van der Waals surface area contributed by atoms with E-state index < -0.39 is 6.10 Å². The summed E-state index contributed by atoms with van der Waals surface area (Å²) in [4.78, 5) is 38.0. The van der Waals surface area contributed by atoms with Crippen molar-refractivity contribution in [2.75, 3.05) is 13.2 Å². The van der Waals surface area contributed by atoms with Crippen molar-refractivity contribution in [3.8, 4) is 0 Å². The third-order valence-corrected chi connectivity index (χ3v) is 12.4. The van der Waals surface area contributed by atoms with Crippen molar-refractivity contribution in [3.05, 3.63) is 36.5 Å². The third kappa shape index (κ3) is 50.6. The quantitative estimate of drug-likeness (QED) is 0.0262. The second-order valence-electron chi connectivity index (χ2n) is 18.8. The summed E-state index contributed by atoms with van der Waals surface area (Å²) in [6.07, 6.45) is 62.8. The highest BCUT2D eigenvalue weighted by Crippen LogP contribution is 2.16. The highest BCUT2D eigenvalue weighted by atomic mass is 16.6. The maximum Gasteiger partial charge on any atom is 0.306 e. The molecule has 0 fully saturated rings. The second kappa shape index (κ2) is 53.2. The number of hydrogen-bond donors (Lipinski definition) is 0. The maximum atomic E-state index is 12.8. The zero-order valence-electron chi connectivity index (χ0n) is 42.8. The number of hydrogen-bond acceptors (Lipinski definition) is 6. The lowest BCUT2D eigenvalue weighted by Gasteiger charge is -2.18. The molecule has 1 unspecified atom stereocenters. The number of carbonyl (C=O) groups is 3. The molecule has 0 aliphatic rings. The number of allylic oxidation sites excluding steroid dienone is 6. The zero-order valence-corrected chi connectivity index (χ0v) is 42.8. The van der Waals surface area contributed by atoms with E-state index in [1.54, 1.807) is 0 Å². The number of unbranched alkanes of at least 4 members (excludes halogenated alkanes) is 34. The summed E-state index contributed by atoms with van der Waals surface area (Å²) in [5, 5.41) is 0. The van der Waals surface area contributed by atoms with Crippen LogP contribution in [0.2, 0.25) is 0 Å². The SMILES string of the molecule is CCCC/C=C\C/C=C\CCCCCCCC(=O)OC(COC(=O)CCCCCCCCCCC/C=C\CCCCCCCCCC)COC(=O)CCCCCCCCCCCCC. The van der Waals surface area contributed by atoms with Gasteiger partial charge in [0.1, 0.15) is 13.2 Å². The molecule has 6 heteroatoms. The lowest BCUT2D eigenvalue weighted by atomic mass is 10.1. The lowest BCUT2D eigenvalue weighted by molar-refractivity contribution is -0.167.